The summed E-state index contributed by atoms with van der Waals surface area (Å²) in [6.07, 6.45) is 19.8. The van der Waals surface area contributed by atoms with Crippen molar-refractivity contribution in [3.63, 3.8) is 0 Å². The molecule has 0 radical (unpaired) electrons. The number of hydrogen-bond acceptors (Lipinski definition) is 5. The zero-order chi connectivity index (χ0) is 20.2. The molecule has 1 atom stereocenters. The first kappa shape index (κ1) is 31.0. The Bertz CT molecular complexity index is 404. The van der Waals surface area contributed by atoms with Gasteiger partial charge in [-0.25, -0.2) is 8.42 Å². The third-order valence-electron chi connectivity index (χ3n) is 4.95. The minimum atomic E-state index is -4.34. The van der Waals surface area contributed by atoms with E-state index in [1.165, 1.54) is 83.5 Å². The average Bonchev–Trinajstić information content (AvgIpc) is 2.62. The number of aliphatic hydroxyl groups is 1. The van der Waals surface area contributed by atoms with Gasteiger partial charge >= 0.3 is 29.6 Å². The molecule has 1 N–H and O–H groups in total. The third-order valence-corrected chi connectivity index (χ3v) is 5.73. The van der Waals surface area contributed by atoms with E-state index in [1.807, 2.05) is 0 Å². The van der Waals surface area contributed by atoms with Gasteiger partial charge in [-0.1, -0.05) is 103 Å². The van der Waals surface area contributed by atoms with E-state index in [4.69, 9.17) is 9.84 Å². The number of rotatable bonds is 21. The Hall–Kier alpha value is 0.830. The van der Waals surface area contributed by atoms with Crippen LogP contribution in [0.4, 0.5) is 0 Å². The second-order valence-electron chi connectivity index (χ2n) is 7.70. The van der Waals surface area contributed by atoms with Crippen molar-refractivity contribution in [1.29, 1.82) is 0 Å². The predicted molar refractivity (Wildman–Crippen MR) is 111 cm³/mol. The maximum absolute atomic E-state index is 10.6. The van der Waals surface area contributed by atoms with Crippen LogP contribution in [-0.4, -0.2) is 43.1 Å². The van der Waals surface area contributed by atoms with Gasteiger partial charge in [-0.2, -0.15) is 0 Å². The van der Waals surface area contributed by atoms with Crippen molar-refractivity contribution < 1.29 is 52.4 Å². The molecular weight excluding hydrogens is 387 g/mol. The molecule has 0 aliphatic heterocycles. The summed E-state index contributed by atoms with van der Waals surface area (Å²) < 4.78 is 37.2. The van der Waals surface area contributed by atoms with E-state index in [2.05, 4.69) is 6.92 Å². The van der Waals surface area contributed by atoms with Gasteiger partial charge in [0.2, 0.25) is 0 Å². The minimum absolute atomic E-state index is 0. The van der Waals surface area contributed by atoms with Crippen LogP contribution < -0.4 is 29.6 Å². The van der Waals surface area contributed by atoms with E-state index in [0.29, 0.717) is 6.61 Å². The number of hydrogen-bond donors (Lipinski definition) is 1. The Morgan fingerprint density at radius 3 is 1.43 bits per heavy atom. The SMILES string of the molecule is CCCCCCCCCCCCCCCCCCOC(CO)CS(=O)(=O)[O-].[Na+]. The summed E-state index contributed by atoms with van der Waals surface area (Å²) in [4.78, 5) is 0. The molecule has 28 heavy (non-hydrogen) atoms. The molecule has 1 unspecified atom stereocenters. The molecule has 0 aliphatic rings. The first-order valence-corrected chi connectivity index (χ1v) is 12.7. The molecule has 0 fully saturated rings. The molecule has 0 saturated heterocycles. The third kappa shape index (κ3) is 24.9. The molecule has 0 aliphatic carbocycles. The first-order chi connectivity index (χ1) is 13.0. The Kier molecular flexibility index (Phi) is 24.9. The van der Waals surface area contributed by atoms with Crippen LogP contribution in [0.3, 0.4) is 0 Å². The molecule has 0 aromatic rings. The van der Waals surface area contributed by atoms with Crippen LogP contribution in [0, 0.1) is 0 Å². The largest absolute Gasteiger partial charge is 1.00 e. The Morgan fingerprint density at radius 2 is 1.11 bits per heavy atom. The molecule has 0 aromatic heterocycles. The Labute approximate surface area is 196 Å². The topological polar surface area (TPSA) is 86.7 Å². The summed E-state index contributed by atoms with van der Waals surface area (Å²) in [7, 11) is -4.34. The van der Waals surface area contributed by atoms with Gasteiger partial charge < -0.3 is 14.4 Å². The van der Waals surface area contributed by atoms with Gasteiger partial charge in [-0.15, -0.1) is 0 Å². The van der Waals surface area contributed by atoms with Crippen molar-refractivity contribution in [1.82, 2.24) is 0 Å². The molecular formula is C21H43NaO5S. The van der Waals surface area contributed by atoms with Crippen LogP contribution in [0.25, 0.3) is 0 Å². The second-order valence-corrected chi connectivity index (χ2v) is 9.15. The number of unbranched alkanes of at least 4 members (excludes halogenated alkanes) is 15. The van der Waals surface area contributed by atoms with Crippen molar-refractivity contribution in [2.45, 2.75) is 116 Å². The summed E-state index contributed by atoms with van der Waals surface area (Å²) in [5, 5.41) is 9.00. The monoisotopic (exact) mass is 430 g/mol. The number of aliphatic hydroxyl groups excluding tert-OH is 1. The molecule has 0 aromatic carbocycles. The fourth-order valence-electron chi connectivity index (χ4n) is 3.28. The predicted octanol–water partition coefficient (Wildman–Crippen LogP) is 2.17. The van der Waals surface area contributed by atoms with Gasteiger partial charge in [0.1, 0.15) is 0 Å². The van der Waals surface area contributed by atoms with Crippen molar-refractivity contribution in [2.24, 2.45) is 0 Å². The average molecular weight is 431 g/mol. The van der Waals surface area contributed by atoms with Crippen LogP contribution in [0.15, 0.2) is 0 Å². The van der Waals surface area contributed by atoms with Crippen LogP contribution in [-0.2, 0) is 14.9 Å². The van der Waals surface area contributed by atoms with Crippen LogP contribution in [0.2, 0.25) is 0 Å². The van der Waals surface area contributed by atoms with Gasteiger partial charge in [0.15, 0.2) is 0 Å². The maximum atomic E-state index is 10.6. The second kappa shape index (κ2) is 22.5. The molecule has 7 heteroatoms. The molecule has 0 saturated carbocycles. The van der Waals surface area contributed by atoms with Gasteiger partial charge in [-0.3, -0.25) is 0 Å². The molecule has 0 bridgehead atoms. The smallest absolute Gasteiger partial charge is 0.748 e. The number of ether oxygens (including phenoxy) is 1. The van der Waals surface area contributed by atoms with Crippen LogP contribution in [0.5, 0.6) is 0 Å². The van der Waals surface area contributed by atoms with E-state index in [-0.39, 0.29) is 29.6 Å². The van der Waals surface area contributed by atoms with Crippen LogP contribution in [0.1, 0.15) is 110 Å². The van der Waals surface area contributed by atoms with Crippen molar-refractivity contribution in [3.8, 4) is 0 Å². The fourth-order valence-corrected chi connectivity index (χ4v) is 3.94. The van der Waals surface area contributed by atoms with E-state index < -0.39 is 28.6 Å². The summed E-state index contributed by atoms with van der Waals surface area (Å²) in [6, 6.07) is 0. The van der Waals surface area contributed by atoms with Gasteiger partial charge in [0.25, 0.3) is 0 Å². The first-order valence-electron chi connectivity index (χ1n) is 11.2. The van der Waals surface area contributed by atoms with Gasteiger partial charge in [0.05, 0.1) is 28.6 Å². The molecule has 0 amide bonds. The van der Waals surface area contributed by atoms with Crippen molar-refractivity contribution >= 4 is 10.1 Å². The quantitative estimate of drug-likeness (QED) is 0.171. The zero-order valence-electron chi connectivity index (χ0n) is 18.5. The molecule has 0 spiro atoms. The molecule has 5 nitrogen and oxygen atoms in total. The normalized spacial score (nSPS) is 12.7. The summed E-state index contributed by atoms with van der Waals surface area (Å²) in [6.45, 7) is 2.23. The van der Waals surface area contributed by atoms with Gasteiger partial charge in [0, 0.05) is 6.61 Å². The Morgan fingerprint density at radius 1 is 0.750 bits per heavy atom. The van der Waals surface area contributed by atoms with Crippen molar-refractivity contribution in [2.75, 3.05) is 19.0 Å². The zero-order valence-corrected chi connectivity index (χ0v) is 21.3. The molecule has 0 rings (SSSR count). The fraction of sp³-hybridized carbons (Fsp3) is 1.00. The summed E-state index contributed by atoms with van der Waals surface area (Å²) >= 11 is 0. The van der Waals surface area contributed by atoms with Crippen molar-refractivity contribution in [3.05, 3.63) is 0 Å². The standard InChI is InChI=1S/C21H44O5S.Na/c1-2-3-4-5-6-7-8-9-10-11-12-13-14-15-16-17-18-26-21(19-22)20-27(23,24)25;/h21-22H,2-20H2,1H3,(H,23,24,25);/q;+1/p-1. The Balaban J connectivity index is 0. The maximum Gasteiger partial charge on any atom is 1.00 e. The van der Waals surface area contributed by atoms with E-state index >= 15 is 0 Å². The molecule has 0 heterocycles. The summed E-state index contributed by atoms with van der Waals surface area (Å²) in [5.74, 6) is -0.650. The molecule has 164 valence electrons. The van der Waals surface area contributed by atoms with E-state index in [9.17, 15) is 13.0 Å². The minimum Gasteiger partial charge on any atom is -0.748 e. The van der Waals surface area contributed by atoms with Crippen LogP contribution >= 0.6 is 0 Å². The van der Waals surface area contributed by atoms with E-state index in [0.717, 1.165) is 19.3 Å². The van der Waals surface area contributed by atoms with Gasteiger partial charge in [-0.05, 0) is 6.42 Å². The van der Waals surface area contributed by atoms with E-state index in [1.54, 1.807) is 0 Å². The summed E-state index contributed by atoms with van der Waals surface area (Å²) in [5.41, 5.74) is 0.